The minimum absolute atomic E-state index is 0.0821. The fourth-order valence-corrected chi connectivity index (χ4v) is 3.00. The zero-order valence-electron chi connectivity index (χ0n) is 14.4. The smallest absolute Gasteiger partial charge is 0.295 e. The molecule has 24 heavy (non-hydrogen) atoms. The Morgan fingerprint density at radius 3 is 2.71 bits per heavy atom. The van der Waals surface area contributed by atoms with Crippen molar-refractivity contribution in [2.75, 3.05) is 32.0 Å². The van der Waals surface area contributed by atoms with E-state index in [4.69, 9.17) is 10.5 Å². The van der Waals surface area contributed by atoms with Crippen LogP contribution in [-0.4, -0.2) is 36.1 Å². The summed E-state index contributed by atoms with van der Waals surface area (Å²) in [6.45, 7) is 7.76. The molecule has 1 aromatic rings. The van der Waals surface area contributed by atoms with Gasteiger partial charge in [0.05, 0.1) is 11.5 Å². The van der Waals surface area contributed by atoms with Gasteiger partial charge in [-0.1, -0.05) is 19.9 Å². The van der Waals surface area contributed by atoms with Crippen molar-refractivity contribution in [1.82, 2.24) is 4.90 Å². The topological polar surface area (TPSA) is 81.6 Å². The van der Waals surface area contributed by atoms with Crippen LogP contribution in [0.1, 0.15) is 38.7 Å². The number of nitrogens with zero attached hydrogens (tertiary/aromatic N) is 2. The number of anilines is 1. The lowest BCUT2D eigenvalue weighted by Crippen LogP contribution is -2.28. The van der Waals surface area contributed by atoms with Crippen molar-refractivity contribution in [1.29, 1.82) is 0 Å². The molecule has 1 saturated carbocycles. The van der Waals surface area contributed by atoms with Gasteiger partial charge in [0.25, 0.3) is 5.69 Å². The molecule has 0 spiro atoms. The fraction of sp³-hybridized carbons (Fsp3) is 0.556. The fourth-order valence-electron chi connectivity index (χ4n) is 3.00. The van der Waals surface area contributed by atoms with E-state index in [1.54, 1.807) is 6.07 Å². The number of benzene rings is 1. The van der Waals surface area contributed by atoms with Crippen molar-refractivity contribution < 1.29 is 9.66 Å². The van der Waals surface area contributed by atoms with Crippen LogP contribution in [0.25, 0.3) is 5.57 Å². The van der Waals surface area contributed by atoms with Crippen LogP contribution in [0.3, 0.4) is 0 Å². The van der Waals surface area contributed by atoms with Crippen molar-refractivity contribution in [3.63, 3.8) is 0 Å². The Kier molecular flexibility index (Phi) is 4.49. The Balaban J connectivity index is 1.93. The Labute approximate surface area is 142 Å². The molecule has 0 radical (unpaired) electrons. The summed E-state index contributed by atoms with van der Waals surface area (Å²) in [5, 5.41) is 11.2. The first kappa shape index (κ1) is 16.8. The number of hydrogen-bond donors (Lipinski definition) is 1. The quantitative estimate of drug-likeness (QED) is 0.490. The van der Waals surface area contributed by atoms with E-state index in [0.717, 1.165) is 50.0 Å². The molecule has 3 rings (SSSR count). The number of nitrogen functional groups attached to an aromatic ring is 1. The van der Waals surface area contributed by atoms with Gasteiger partial charge in [0.2, 0.25) is 0 Å². The SMILES string of the molecule is CCN1CC=C(c2ccc([N+](=O)[O-])c(N)c2OCC2(C)CC2)CC1. The number of nitrogens with two attached hydrogens (primary N) is 1. The highest BCUT2D eigenvalue weighted by molar-refractivity contribution is 5.81. The molecular formula is C18H25N3O3. The molecule has 1 aliphatic carbocycles. The summed E-state index contributed by atoms with van der Waals surface area (Å²) in [5.41, 5.74) is 8.40. The van der Waals surface area contributed by atoms with Gasteiger partial charge in [0, 0.05) is 30.1 Å². The summed E-state index contributed by atoms with van der Waals surface area (Å²) in [5.74, 6) is 0.480. The van der Waals surface area contributed by atoms with Gasteiger partial charge < -0.3 is 10.5 Å². The number of rotatable bonds is 6. The molecule has 2 N–H and O–H groups in total. The van der Waals surface area contributed by atoms with Crippen LogP contribution in [0.15, 0.2) is 18.2 Å². The molecule has 130 valence electrons. The molecule has 0 saturated heterocycles. The van der Waals surface area contributed by atoms with Gasteiger partial charge in [-0.3, -0.25) is 15.0 Å². The van der Waals surface area contributed by atoms with Crippen LogP contribution in [0, 0.1) is 15.5 Å². The largest absolute Gasteiger partial charge is 0.490 e. The van der Waals surface area contributed by atoms with Crippen molar-refractivity contribution in [2.24, 2.45) is 5.41 Å². The summed E-state index contributed by atoms with van der Waals surface area (Å²) in [4.78, 5) is 13.1. The lowest BCUT2D eigenvalue weighted by atomic mass is 9.97. The van der Waals surface area contributed by atoms with Crippen LogP contribution >= 0.6 is 0 Å². The normalized spacial score (nSPS) is 19.7. The van der Waals surface area contributed by atoms with Crippen molar-refractivity contribution in [2.45, 2.75) is 33.1 Å². The van der Waals surface area contributed by atoms with Gasteiger partial charge in [0.15, 0.2) is 11.4 Å². The highest BCUT2D eigenvalue weighted by Crippen LogP contribution is 2.47. The average Bonchev–Trinajstić information content (AvgIpc) is 3.31. The number of likely N-dealkylation sites (N-methyl/N-ethyl adjacent to an activating group) is 1. The second-order valence-corrected chi connectivity index (χ2v) is 7.10. The zero-order valence-corrected chi connectivity index (χ0v) is 14.4. The summed E-state index contributed by atoms with van der Waals surface area (Å²) in [6, 6.07) is 3.27. The third kappa shape index (κ3) is 3.38. The van der Waals surface area contributed by atoms with E-state index in [1.807, 2.05) is 0 Å². The molecule has 1 heterocycles. The maximum absolute atomic E-state index is 11.2. The lowest BCUT2D eigenvalue weighted by molar-refractivity contribution is -0.384. The van der Waals surface area contributed by atoms with Crippen LogP contribution in [-0.2, 0) is 0 Å². The van der Waals surface area contributed by atoms with E-state index >= 15 is 0 Å². The number of nitro groups is 1. The number of nitro benzene ring substituents is 1. The second kappa shape index (κ2) is 6.43. The Morgan fingerprint density at radius 2 is 2.17 bits per heavy atom. The van der Waals surface area contributed by atoms with Crippen molar-refractivity contribution in [3.05, 3.63) is 33.9 Å². The van der Waals surface area contributed by atoms with Gasteiger partial charge in [-0.25, -0.2) is 0 Å². The summed E-state index contributed by atoms with van der Waals surface area (Å²) >= 11 is 0. The maximum Gasteiger partial charge on any atom is 0.295 e. The summed E-state index contributed by atoms with van der Waals surface area (Å²) < 4.78 is 6.01. The molecule has 1 aliphatic heterocycles. The molecule has 6 nitrogen and oxygen atoms in total. The summed E-state index contributed by atoms with van der Waals surface area (Å²) in [7, 11) is 0. The van der Waals surface area contributed by atoms with Gasteiger partial charge in [0.1, 0.15) is 0 Å². The van der Waals surface area contributed by atoms with Crippen molar-refractivity contribution in [3.8, 4) is 5.75 Å². The molecule has 6 heteroatoms. The molecule has 1 fully saturated rings. The predicted molar refractivity (Wildman–Crippen MR) is 95.1 cm³/mol. The van der Waals surface area contributed by atoms with Crippen molar-refractivity contribution >= 4 is 16.9 Å². The van der Waals surface area contributed by atoms with Crippen LogP contribution < -0.4 is 10.5 Å². The van der Waals surface area contributed by atoms with Crippen LogP contribution in [0.5, 0.6) is 5.75 Å². The monoisotopic (exact) mass is 331 g/mol. The molecule has 0 atom stereocenters. The van der Waals surface area contributed by atoms with E-state index in [9.17, 15) is 10.1 Å². The third-order valence-electron chi connectivity index (χ3n) is 5.12. The van der Waals surface area contributed by atoms with Gasteiger partial charge in [-0.05, 0) is 37.4 Å². The minimum atomic E-state index is -0.446. The van der Waals surface area contributed by atoms with E-state index in [0.29, 0.717) is 12.4 Å². The van der Waals surface area contributed by atoms with Gasteiger partial charge >= 0.3 is 0 Å². The minimum Gasteiger partial charge on any atom is -0.490 e. The first-order chi connectivity index (χ1) is 11.4. The number of hydrogen-bond acceptors (Lipinski definition) is 5. The lowest BCUT2D eigenvalue weighted by Gasteiger charge is -2.26. The second-order valence-electron chi connectivity index (χ2n) is 7.10. The zero-order chi connectivity index (χ0) is 17.3. The Hall–Kier alpha value is -2.08. The summed E-state index contributed by atoms with van der Waals surface area (Å²) in [6.07, 6.45) is 5.34. The highest BCUT2D eigenvalue weighted by atomic mass is 16.6. The molecule has 2 aliphatic rings. The first-order valence-electron chi connectivity index (χ1n) is 8.55. The van der Waals surface area contributed by atoms with Gasteiger partial charge in [-0.2, -0.15) is 0 Å². The van der Waals surface area contributed by atoms with E-state index in [2.05, 4.69) is 24.8 Å². The predicted octanol–water partition coefficient (Wildman–Crippen LogP) is 3.46. The van der Waals surface area contributed by atoms with E-state index in [1.165, 1.54) is 6.07 Å². The highest BCUT2D eigenvalue weighted by Gasteiger charge is 2.38. The molecule has 0 aromatic heterocycles. The Bertz CT molecular complexity index is 680. The third-order valence-corrected chi connectivity index (χ3v) is 5.12. The molecular weight excluding hydrogens is 306 g/mol. The van der Waals surface area contributed by atoms with E-state index < -0.39 is 4.92 Å². The number of ether oxygens (including phenoxy) is 1. The molecule has 1 aromatic carbocycles. The Morgan fingerprint density at radius 1 is 1.42 bits per heavy atom. The first-order valence-corrected chi connectivity index (χ1v) is 8.55. The standard InChI is InChI=1S/C18H25N3O3/c1-3-20-10-6-13(7-11-20)14-4-5-15(21(22)23)16(19)17(14)24-12-18(2)8-9-18/h4-6H,3,7-12,19H2,1-2H3. The van der Waals surface area contributed by atoms with Gasteiger partial charge in [-0.15, -0.1) is 0 Å². The van der Waals surface area contributed by atoms with E-state index in [-0.39, 0.29) is 16.8 Å². The molecule has 0 bridgehead atoms. The molecule has 0 unspecified atom stereocenters. The van der Waals surface area contributed by atoms with Crippen LogP contribution in [0.2, 0.25) is 0 Å². The average molecular weight is 331 g/mol. The molecule has 0 amide bonds. The van der Waals surface area contributed by atoms with Crippen LogP contribution in [0.4, 0.5) is 11.4 Å². The maximum atomic E-state index is 11.2.